The van der Waals surface area contributed by atoms with Gasteiger partial charge in [-0.1, -0.05) is 0 Å². The Hall–Kier alpha value is -1.46. The van der Waals surface area contributed by atoms with Crippen molar-refractivity contribution in [1.29, 1.82) is 0 Å². The summed E-state index contributed by atoms with van der Waals surface area (Å²) in [6, 6.07) is 3.66. The number of aryl methyl sites for hydroxylation is 1. The molecule has 1 aromatic rings. The molecule has 2 nitrogen and oxygen atoms in total. The molecule has 0 aromatic heterocycles. The lowest BCUT2D eigenvalue weighted by Crippen LogP contribution is -2.17. The van der Waals surface area contributed by atoms with Gasteiger partial charge in [-0.25, -0.2) is 4.39 Å². The Labute approximate surface area is 90.2 Å². The van der Waals surface area contributed by atoms with Crippen LogP contribution < -0.4 is 10.1 Å². The third-order valence-corrected chi connectivity index (χ3v) is 1.79. The quantitative estimate of drug-likeness (QED) is 0.640. The van der Waals surface area contributed by atoms with Crippen molar-refractivity contribution < 1.29 is 22.3 Å². The number of ether oxygens (including phenoxy) is 1. The molecule has 0 bridgehead atoms. The fourth-order valence-corrected chi connectivity index (χ4v) is 1.21. The van der Waals surface area contributed by atoms with Gasteiger partial charge in [0.25, 0.3) is 0 Å². The highest BCUT2D eigenvalue weighted by molar-refractivity contribution is 5.53. The van der Waals surface area contributed by atoms with E-state index in [0.29, 0.717) is 11.3 Å². The summed E-state index contributed by atoms with van der Waals surface area (Å²) < 4.78 is 52.0. The number of benzene rings is 1. The molecule has 1 unspecified atom stereocenters. The monoisotopic (exact) mass is 237 g/mol. The molecule has 0 saturated carbocycles. The van der Waals surface area contributed by atoms with Crippen LogP contribution in [0.1, 0.15) is 12.5 Å². The van der Waals surface area contributed by atoms with E-state index in [4.69, 9.17) is 0 Å². The molecule has 0 spiro atoms. The zero-order valence-electron chi connectivity index (χ0n) is 8.73. The van der Waals surface area contributed by atoms with Crippen molar-refractivity contribution in [2.24, 2.45) is 0 Å². The first-order chi connectivity index (χ1) is 7.28. The zero-order chi connectivity index (χ0) is 12.3. The molecule has 0 fully saturated rings. The van der Waals surface area contributed by atoms with Crippen molar-refractivity contribution in [3.8, 4) is 5.75 Å². The molecule has 6 heteroatoms. The van der Waals surface area contributed by atoms with Gasteiger partial charge < -0.3 is 10.1 Å². The van der Waals surface area contributed by atoms with E-state index >= 15 is 0 Å². The molecule has 0 heterocycles. The van der Waals surface area contributed by atoms with Crippen molar-refractivity contribution >= 4 is 5.69 Å². The second kappa shape index (κ2) is 4.59. The Balaban J connectivity index is 2.83. The van der Waals surface area contributed by atoms with Crippen LogP contribution in [0.2, 0.25) is 0 Å². The second-order valence-corrected chi connectivity index (χ2v) is 3.28. The molecule has 0 saturated heterocycles. The number of nitrogens with one attached hydrogen (secondary N) is 1. The first kappa shape index (κ1) is 12.6. The van der Waals surface area contributed by atoms with Crippen LogP contribution >= 0.6 is 0 Å². The van der Waals surface area contributed by atoms with E-state index in [0.717, 1.165) is 6.07 Å². The van der Waals surface area contributed by atoms with Gasteiger partial charge in [-0.2, -0.15) is 0 Å². The van der Waals surface area contributed by atoms with Crippen LogP contribution in [0.3, 0.4) is 0 Å². The molecule has 1 rings (SSSR count). The third kappa shape index (κ3) is 3.96. The van der Waals surface area contributed by atoms with E-state index in [1.165, 1.54) is 19.1 Å². The average molecular weight is 237 g/mol. The van der Waals surface area contributed by atoms with Gasteiger partial charge in [0.15, 0.2) is 6.30 Å². The van der Waals surface area contributed by atoms with Gasteiger partial charge >= 0.3 is 6.36 Å². The minimum absolute atomic E-state index is 0.318. The highest BCUT2D eigenvalue weighted by Gasteiger charge is 2.31. The maximum absolute atomic E-state index is 12.6. The molecule has 1 atom stereocenters. The Morgan fingerprint density at radius 2 is 1.94 bits per heavy atom. The number of hydrogen-bond donors (Lipinski definition) is 1. The van der Waals surface area contributed by atoms with Gasteiger partial charge in [-0.05, 0) is 37.6 Å². The van der Waals surface area contributed by atoms with Gasteiger partial charge in [-0.15, -0.1) is 13.2 Å². The molecule has 0 aliphatic rings. The fourth-order valence-electron chi connectivity index (χ4n) is 1.21. The molecule has 1 aromatic carbocycles. The Morgan fingerprint density at radius 3 is 2.38 bits per heavy atom. The van der Waals surface area contributed by atoms with Crippen LogP contribution in [0.4, 0.5) is 23.2 Å². The Kier molecular flexibility index (Phi) is 3.62. The van der Waals surface area contributed by atoms with Crippen molar-refractivity contribution in [2.75, 3.05) is 5.32 Å². The summed E-state index contributed by atoms with van der Waals surface area (Å²) in [5.41, 5.74) is 0.913. The second-order valence-electron chi connectivity index (χ2n) is 3.28. The SMILES string of the molecule is Cc1cc(OC(F)(F)F)ccc1NC(C)F. The summed E-state index contributed by atoms with van der Waals surface area (Å²) in [6.45, 7) is 2.85. The smallest absolute Gasteiger partial charge is 0.406 e. The number of anilines is 1. The van der Waals surface area contributed by atoms with Gasteiger partial charge in [0, 0.05) is 5.69 Å². The highest BCUT2D eigenvalue weighted by Crippen LogP contribution is 2.27. The normalized spacial score (nSPS) is 13.4. The van der Waals surface area contributed by atoms with E-state index in [1.54, 1.807) is 6.92 Å². The number of rotatable bonds is 3. The summed E-state index contributed by atoms with van der Waals surface area (Å²) in [6.07, 6.45) is -5.98. The molecule has 0 aliphatic carbocycles. The maximum Gasteiger partial charge on any atom is 0.573 e. The van der Waals surface area contributed by atoms with Crippen molar-refractivity contribution in [3.05, 3.63) is 23.8 Å². The molecule has 0 amide bonds. The standard InChI is InChI=1S/C10H11F4NO/c1-6-5-8(16-10(12,13)14)3-4-9(6)15-7(2)11/h3-5,7,15H,1-2H3. The molecule has 0 aliphatic heterocycles. The van der Waals surface area contributed by atoms with Crippen LogP contribution in [0.5, 0.6) is 5.75 Å². The number of halogens is 4. The molecule has 16 heavy (non-hydrogen) atoms. The topological polar surface area (TPSA) is 21.3 Å². The summed E-state index contributed by atoms with van der Waals surface area (Å²) in [5.74, 6) is -0.318. The first-order valence-corrected chi connectivity index (χ1v) is 4.55. The lowest BCUT2D eigenvalue weighted by molar-refractivity contribution is -0.274. The fraction of sp³-hybridized carbons (Fsp3) is 0.400. The number of alkyl halides is 4. The van der Waals surface area contributed by atoms with Crippen LogP contribution in [-0.4, -0.2) is 12.7 Å². The van der Waals surface area contributed by atoms with Crippen LogP contribution in [0.25, 0.3) is 0 Å². The van der Waals surface area contributed by atoms with Crippen LogP contribution in [0.15, 0.2) is 18.2 Å². The minimum atomic E-state index is -4.71. The van der Waals surface area contributed by atoms with E-state index in [2.05, 4.69) is 10.1 Å². The lowest BCUT2D eigenvalue weighted by atomic mass is 10.2. The Bertz CT molecular complexity index is 362. The van der Waals surface area contributed by atoms with E-state index in [1.807, 2.05) is 0 Å². The predicted molar refractivity (Wildman–Crippen MR) is 52.1 cm³/mol. The van der Waals surface area contributed by atoms with E-state index in [-0.39, 0.29) is 5.75 Å². The van der Waals surface area contributed by atoms with Gasteiger partial charge in [0.1, 0.15) is 5.75 Å². The minimum Gasteiger partial charge on any atom is -0.406 e. The van der Waals surface area contributed by atoms with Crippen molar-refractivity contribution in [3.63, 3.8) is 0 Å². The van der Waals surface area contributed by atoms with E-state index in [9.17, 15) is 17.6 Å². The first-order valence-electron chi connectivity index (χ1n) is 4.55. The zero-order valence-corrected chi connectivity index (χ0v) is 8.73. The summed E-state index contributed by atoms with van der Waals surface area (Å²) in [4.78, 5) is 0. The molecule has 90 valence electrons. The van der Waals surface area contributed by atoms with Gasteiger partial charge in [0.05, 0.1) is 0 Å². The van der Waals surface area contributed by atoms with Crippen LogP contribution in [-0.2, 0) is 0 Å². The van der Waals surface area contributed by atoms with Gasteiger partial charge in [-0.3, -0.25) is 0 Å². The molecule has 0 radical (unpaired) electrons. The largest absolute Gasteiger partial charge is 0.573 e. The third-order valence-electron chi connectivity index (χ3n) is 1.79. The summed E-state index contributed by atoms with van der Waals surface area (Å²) >= 11 is 0. The summed E-state index contributed by atoms with van der Waals surface area (Å²) in [7, 11) is 0. The molecule has 1 N–H and O–H groups in total. The van der Waals surface area contributed by atoms with Crippen molar-refractivity contribution in [2.45, 2.75) is 26.5 Å². The summed E-state index contributed by atoms with van der Waals surface area (Å²) in [5, 5.41) is 2.46. The van der Waals surface area contributed by atoms with E-state index < -0.39 is 12.7 Å². The van der Waals surface area contributed by atoms with Gasteiger partial charge in [0.2, 0.25) is 0 Å². The maximum atomic E-state index is 12.6. The Morgan fingerprint density at radius 1 is 1.31 bits per heavy atom. The van der Waals surface area contributed by atoms with Crippen LogP contribution in [0, 0.1) is 6.92 Å². The van der Waals surface area contributed by atoms with Crippen molar-refractivity contribution in [1.82, 2.24) is 0 Å². The highest BCUT2D eigenvalue weighted by atomic mass is 19.4. The number of hydrogen-bond acceptors (Lipinski definition) is 2. The lowest BCUT2D eigenvalue weighted by Gasteiger charge is -2.13. The predicted octanol–water partition coefficient (Wildman–Crippen LogP) is 3.62. The average Bonchev–Trinajstić information content (AvgIpc) is 2.06. The molecular formula is C10H11F4NO. The molecular weight excluding hydrogens is 226 g/mol.